The molecule has 8 heteroatoms. The van der Waals surface area contributed by atoms with Crippen molar-refractivity contribution < 1.29 is 9.53 Å². The van der Waals surface area contributed by atoms with Crippen molar-refractivity contribution in [3.63, 3.8) is 0 Å². The van der Waals surface area contributed by atoms with Gasteiger partial charge in [-0.25, -0.2) is 4.79 Å². The van der Waals surface area contributed by atoms with Gasteiger partial charge in [0.1, 0.15) is 17.0 Å². The van der Waals surface area contributed by atoms with E-state index < -0.39 is 5.69 Å². The van der Waals surface area contributed by atoms with Crippen molar-refractivity contribution in [3.05, 3.63) is 62.1 Å². The molecule has 0 atom stereocenters. The van der Waals surface area contributed by atoms with Gasteiger partial charge < -0.3 is 10.1 Å². The lowest BCUT2D eigenvalue weighted by Gasteiger charge is -2.13. The fourth-order valence-corrected chi connectivity index (χ4v) is 3.83. The number of carbonyl (C=O) groups excluding carboxylic acids is 1. The smallest absolute Gasteiger partial charge is 0.332 e. The molecular weight excluding hydrogens is 378 g/mol. The molecule has 0 aliphatic heterocycles. The lowest BCUT2D eigenvalue weighted by molar-refractivity contribution is -0.121. The summed E-state index contributed by atoms with van der Waals surface area (Å²) in [6.07, 6.45) is 1.85. The molecule has 0 fully saturated rings. The van der Waals surface area contributed by atoms with Crippen LogP contribution in [0.3, 0.4) is 0 Å². The summed E-state index contributed by atoms with van der Waals surface area (Å²) in [4.78, 5) is 38.2. The van der Waals surface area contributed by atoms with Crippen LogP contribution in [0.15, 0.2) is 45.3 Å². The number of methoxy groups -OCH3 is 1. The molecular formula is C20H23N3O4S. The Morgan fingerprint density at radius 2 is 2.04 bits per heavy atom. The maximum absolute atomic E-state index is 13.0. The van der Waals surface area contributed by atoms with Crippen LogP contribution in [0.5, 0.6) is 5.75 Å². The van der Waals surface area contributed by atoms with Crippen molar-refractivity contribution in [2.45, 2.75) is 32.9 Å². The number of nitrogens with zero attached hydrogens (tertiary/aromatic N) is 2. The Morgan fingerprint density at radius 3 is 2.79 bits per heavy atom. The van der Waals surface area contributed by atoms with E-state index in [4.69, 9.17) is 4.74 Å². The average Bonchev–Trinajstić information content (AvgIpc) is 3.19. The van der Waals surface area contributed by atoms with E-state index in [1.807, 2.05) is 19.1 Å². The molecule has 1 aromatic carbocycles. The second-order valence-electron chi connectivity index (χ2n) is 6.45. The first-order valence-corrected chi connectivity index (χ1v) is 10.0. The average molecular weight is 401 g/mol. The van der Waals surface area contributed by atoms with Gasteiger partial charge in [-0.3, -0.25) is 18.7 Å². The van der Waals surface area contributed by atoms with Crippen LogP contribution in [0.1, 0.15) is 25.3 Å². The van der Waals surface area contributed by atoms with Crippen LogP contribution in [0.25, 0.3) is 10.2 Å². The predicted molar refractivity (Wildman–Crippen MR) is 110 cm³/mol. The lowest BCUT2D eigenvalue weighted by atomic mass is 10.2. The van der Waals surface area contributed by atoms with Crippen LogP contribution in [0.2, 0.25) is 0 Å². The number of rotatable bonds is 8. The Morgan fingerprint density at radius 1 is 1.21 bits per heavy atom. The molecule has 0 saturated heterocycles. The number of fused-ring (bicyclic) bond motifs is 1. The van der Waals surface area contributed by atoms with Crippen molar-refractivity contribution in [1.82, 2.24) is 14.5 Å². The fraction of sp³-hybridized carbons (Fsp3) is 0.350. The molecule has 1 amide bonds. The molecule has 1 N–H and O–H groups in total. The van der Waals surface area contributed by atoms with Gasteiger partial charge >= 0.3 is 5.69 Å². The summed E-state index contributed by atoms with van der Waals surface area (Å²) in [5.74, 6) is 0.410. The summed E-state index contributed by atoms with van der Waals surface area (Å²) >= 11 is 1.27. The normalized spacial score (nSPS) is 10.9. The fourth-order valence-electron chi connectivity index (χ4n) is 2.98. The molecule has 0 bridgehead atoms. The lowest BCUT2D eigenvalue weighted by Crippen LogP contribution is -2.42. The molecule has 148 valence electrons. The molecule has 2 aromatic heterocycles. The number of nitrogens with one attached hydrogen (secondary N) is 1. The third-order valence-electron chi connectivity index (χ3n) is 4.47. The predicted octanol–water partition coefficient (Wildman–Crippen LogP) is 2.20. The zero-order valence-corrected chi connectivity index (χ0v) is 16.8. The largest absolute Gasteiger partial charge is 0.497 e. The van der Waals surface area contributed by atoms with Gasteiger partial charge in [0.15, 0.2) is 0 Å². The van der Waals surface area contributed by atoms with Crippen molar-refractivity contribution in [3.8, 4) is 5.75 Å². The Balaban J connectivity index is 2.00. The molecule has 7 nitrogen and oxygen atoms in total. The topological polar surface area (TPSA) is 82.3 Å². The molecule has 2 heterocycles. The standard InChI is InChI=1S/C20H23N3O4S/c1-3-4-9-21-17(24)13-22-16-8-10-28-18(16)19(25)23(20(22)26)12-14-6-5-7-15(11-14)27-2/h5-8,10-11H,3-4,9,12-13H2,1-2H3,(H,21,24). The van der Waals surface area contributed by atoms with Crippen LogP contribution < -0.4 is 21.3 Å². The van der Waals surface area contributed by atoms with Crippen LogP contribution in [-0.2, 0) is 17.9 Å². The Bertz CT molecular complexity index is 1100. The highest BCUT2D eigenvalue weighted by atomic mass is 32.1. The summed E-state index contributed by atoms with van der Waals surface area (Å²) in [6.45, 7) is 2.61. The van der Waals surface area contributed by atoms with Gasteiger partial charge in [0.25, 0.3) is 5.56 Å². The number of ether oxygens (including phenoxy) is 1. The number of amides is 1. The first-order chi connectivity index (χ1) is 13.5. The van der Waals surface area contributed by atoms with Gasteiger partial charge in [0.2, 0.25) is 5.91 Å². The van der Waals surface area contributed by atoms with E-state index in [1.165, 1.54) is 20.5 Å². The monoisotopic (exact) mass is 401 g/mol. The molecule has 0 radical (unpaired) electrons. The summed E-state index contributed by atoms with van der Waals surface area (Å²) in [5.41, 5.74) is 0.422. The number of benzene rings is 1. The summed E-state index contributed by atoms with van der Waals surface area (Å²) in [5, 5.41) is 4.57. The molecule has 0 aliphatic rings. The van der Waals surface area contributed by atoms with Crippen molar-refractivity contribution in [1.29, 1.82) is 0 Å². The highest BCUT2D eigenvalue weighted by Crippen LogP contribution is 2.16. The Labute approximate surface area is 166 Å². The van der Waals surface area contributed by atoms with Gasteiger partial charge in [-0.15, -0.1) is 11.3 Å². The van der Waals surface area contributed by atoms with E-state index in [1.54, 1.807) is 30.7 Å². The van der Waals surface area contributed by atoms with Crippen LogP contribution in [0.4, 0.5) is 0 Å². The van der Waals surface area contributed by atoms with E-state index in [0.29, 0.717) is 22.5 Å². The van der Waals surface area contributed by atoms with Crippen molar-refractivity contribution in [2.75, 3.05) is 13.7 Å². The summed E-state index contributed by atoms with van der Waals surface area (Å²) in [7, 11) is 1.56. The first-order valence-electron chi connectivity index (χ1n) is 9.15. The first kappa shape index (κ1) is 19.9. The van der Waals surface area contributed by atoms with Gasteiger partial charge in [0, 0.05) is 6.54 Å². The maximum Gasteiger partial charge on any atom is 0.332 e. The van der Waals surface area contributed by atoms with Gasteiger partial charge in [0.05, 0.1) is 19.2 Å². The molecule has 0 saturated carbocycles. The molecule has 0 aliphatic carbocycles. The van der Waals surface area contributed by atoms with Gasteiger partial charge in [-0.2, -0.15) is 0 Å². The zero-order chi connectivity index (χ0) is 20.1. The Hall–Kier alpha value is -2.87. The highest BCUT2D eigenvalue weighted by Gasteiger charge is 2.16. The van der Waals surface area contributed by atoms with E-state index in [0.717, 1.165) is 18.4 Å². The number of hydrogen-bond acceptors (Lipinski definition) is 5. The minimum atomic E-state index is -0.496. The minimum Gasteiger partial charge on any atom is -0.497 e. The quantitative estimate of drug-likeness (QED) is 0.587. The van der Waals surface area contributed by atoms with Crippen LogP contribution in [0, 0.1) is 0 Å². The number of carbonyl (C=O) groups is 1. The number of unbranched alkanes of at least 4 members (excludes halogenated alkanes) is 1. The third kappa shape index (κ3) is 4.17. The molecule has 3 rings (SSSR count). The highest BCUT2D eigenvalue weighted by molar-refractivity contribution is 7.17. The Kier molecular flexibility index (Phi) is 6.30. The minimum absolute atomic E-state index is 0.111. The SMILES string of the molecule is CCCCNC(=O)Cn1c(=O)n(Cc2cccc(OC)c2)c(=O)c2sccc21. The second kappa shape index (κ2) is 8.88. The maximum atomic E-state index is 13.0. The van der Waals surface area contributed by atoms with E-state index >= 15 is 0 Å². The summed E-state index contributed by atoms with van der Waals surface area (Å²) < 4.78 is 8.22. The number of thiophene rings is 1. The second-order valence-corrected chi connectivity index (χ2v) is 7.37. The molecule has 28 heavy (non-hydrogen) atoms. The third-order valence-corrected chi connectivity index (χ3v) is 5.36. The van der Waals surface area contributed by atoms with E-state index in [-0.39, 0.29) is 24.6 Å². The molecule has 0 unspecified atom stereocenters. The van der Waals surface area contributed by atoms with Crippen LogP contribution >= 0.6 is 11.3 Å². The number of hydrogen-bond donors (Lipinski definition) is 1. The van der Waals surface area contributed by atoms with Crippen molar-refractivity contribution >= 4 is 27.5 Å². The van der Waals surface area contributed by atoms with E-state index in [2.05, 4.69) is 5.32 Å². The number of aromatic nitrogens is 2. The summed E-state index contributed by atoms with van der Waals surface area (Å²) in [6, 6.07) is 8.93. The zero-order valence-electron chi connectivity index (χ0n) is 15.9. The van der Waals surface area contributed by atoms with Gasteiger partial charge in [-0.05, 0) is 35.6 Å². The van der Waals surface area contributed by atoms with E-state index in [9.17, 15) is 14.4 Å². The van der Waals surface area contributed by atoms with Crippen LogP contribution in [-0.4, -0.2) is 28.7 Å². The molecule has 0 spiro atoms. The molecule has 3 aromatic rings. The van der Waals surface area contributed by atoms with Gasteiger partial charge in [-0.1, -0.05) is 25.5 Å². The van der Waals surface area contributed by atoms with Crippen molar-refractivity contribution in [2.24, 2.45) is 0 Å².